The van der Waals surface area contributed by atoms with E-state index in [0.717, 1.165) is 11.3 Å². The number of halogens is 2. The highest BCUT2D eigenvalue weighted by Gasteiger charge is 2.09. The molecule has 0 aliphatic heterocycles. The van der Waals surface area contributed by atoms with Crippen LogP contribution in [0, 0.1) is 19.7 Å². The summed E-state index contributed by atoms with van der Waals surface area (Å²) in [5, 5.41) is 9.65. The molecule has 0 fully saturated rings. The van der Waals surface area contributed by atoms with Crippen molar-refractivity contribution in [2.75, 3.05) is 23.8 Å². The van der Waals surface area contributed by atoms with Crippen molar-refractivity contribution >= 4 is 41.0 Å². The van der Waals surface area contributed by atoms with Crippen molar-refractivity contribution in [3.05, 3.63) is 88.2 Å². The summed E-state index contributed by atoms with van der Waals surface area (Å²) in [6.45, 7) is 3.76. The number of carbonyl (C=O) groups excluding carboxylic acids is 2. The van der Waals surface area contributed by atoms with Gasteiger partial charge in [-0.25, -0.2) is 9.82 Å². The fourth-order valence-electron chi connectivity index (χ4n) is 2.86. The van der Waals surface area contributed by atoms with Crippen molar-refractivity contribution in [3.63, 3.8) is 0 Å². The van der Waals surface area contributed by atoms with Crippen LogP contribution in [0.4, 0.5) is 15.8 Å². The Hall–Kier alpha value is -3.91. The molecule has 0 unspecified atom stereocenters. The highest BCUT2D eigenvalue weighted by atomic mass is 35.5. The van der Waals surface area contributed by atoms with E-state index < -0.39 is 11.7 Å². The molecule has 2 amide bonds. The number of ether oxygens (including phenoxy) is 1. The maximum absolute atomic E-state index is 13.6. The summed E-state index contributed by atoms with van der Waals surface area (Å²) in [5.41, 5.74) is 6.30. The number of hydrazone groups is 1. The van der Waals surface area contributed by atoms with Crippen LogP contribution < -0.4 is 20.8 Å². The number of nitrogens with zero attached hydrogens (tertiary/aromatic N) is 1. The molecule has 0 heterocycles. The van der Waals surface area contributed by atoms with Gasteiger partial charge >= 0.3 is 0 Å². The SMILES string of the molecule is Cc1ccc(NCC(=O)N/N=C\c2ccc(OCC(=O)Nc3ccccc3F)c(Cl)c2)cc1C. The summed E-state index contributed by atoms with van der Waals surface area (Å²) < 4.78 is 19.0. The molecular weight excluding hydrogens is 459 g/mol. The third-order valence-electron chi connectivity index (χ3n) is 4.83. The fraction of sp³-hybridized carbons (Fsp3) is 0.160. The maximum atomic E-state index is 13.6. The van der Waals surface area contributed by atoms with Crippen LogP contribution in [0.2, 0.25) is 5.02 Å². The van der Waals surface area contributed by atoms with E-state index in [4.69, 9.17) is 16.3 Å². The van der Waals surface area contributed by atoms with Gasteiger partial charge in [-0.3, -0.25) is 9.59 Å². The van der Waals surface area contributed by atoms with Gasteiger partial charge in [0.05, 0.1) is 23.5 Å². The molecule has 7 nitrogen and oxygen atoms in total. The van der Waals surface area contributed by atoms with Crippen LogP contribution in [0.25, 0.3) is 0 Å². The summed E-state index contributed by atoms with van der Waals surface area (Å²) in [6.07, 6.45) is 1.44. The van der Waals surface area contributed by atoms with Gasteiger partial charge in [0.15, 0.2) is 6.61 Å². The second-order valence-corrected chi connectivity index (χ2v) is 7.86. The lowest BCUT2D eigenvalue weighted by atomic mass is 10.1. The number of carbonyl (C=O) groups is 2. The first kappa shape index (κ1) is 24.7. The Kier molecular flexibility index (Phi) is 8.59. The molecule has 3 rings (SSSR count). The minimum Gasteiger partial charge on any atom is -0.482 e. The van der Waals surface area contributed by atoms with Crippen molar-refractivity contribution < 1.29 is 18.7 Å². The molecule has 0 saturated carbocycles. The van der Waals surface area contributed by atoms with Gasteiger partial charge in [-0.15, -0.1) is 0 Å². The van der Waals surface area contributed by atoms with E-state index in [2.05, 4.69) is 21.2 Å². The molecule has 3 aromatic carbocycles. The van der Waals surface area contributed by atoms with Gasteiger partial charge in [-0.1, -0.05) is 29.8 Å². The normalized spacial score (nSPS) is 10.7. The van der Waals surface area contributed by atoms with Crippen molar-refractivity contribution in [2.24, 2.45) is 5.10 Å². The molecule has 0 aromatic heterocycles. The van der Waals surface area contributed by atoms with Crippen molar-refractivity contribution in [3.8, 4) is 5.75 Å². The molecule has 0 radical (unpaired) electrons. The lowest BCUT2D eigenvalue weighted by molar-refractivity contribution is -0.119. The summed E-state index contributed by atoms with van der Waals surface area (Å²) in [5.74, 6) is -1.08. The molecular formula is C25H24ClFN4O3. The van der Waals surface area contributed by atoms with E-state index in [1.807, 2.05) is 32.0 Å². The minimum atomic E-state index is -0.536. The van der Waals surface area contributed by atoms with Crippen LogP contribution in [0.5, 0.6) is 5.75 Å². The first-order valence-electron chi connectivity index (χ1n) is 10.4. The van der Waals surface area contributed by atoms with E-state index in [1.54, 1.807) is 24.3 Å². The van der Waals surface area contributed by atoms with Crippen LogP contribution in [0.3, 0.4) is 0 Å². The summed E-state index contributed by atoms with van der Waals surface area (Å²) in [7, 11) is 0. The molecule has 0 atom stereocenters. The number of benzene rings is 3. The lowest BCUT2D eigenvalue weighted by Gasteiger charge is -2.10. The summed E-state index contributed by atoms with van der Waals surface area (Å²) in [6, 6.07) is 16.5. The van der Waals surface area contributed by atoms with Crippen LogP contribution in [-0.4, -0.2) is 31.2 Å². The smallest absolute Gasteiger partial charge is 0.262 e. The zero-order valence-electron chi connectivity index (χ0n) is 18.7. The predicted molar refractivity (Wildman–Crippen MR) is 132 cm³/mol. The zero-order chi connectivity index (χ0) is 24.5. The first-order chi connectivity index (χ1) is 16.3. The third-order valence-corrected chi connectivity index (χ3v) is 5.12. The van der Waals surface area contributed by atoms with E-state index >= 15 is 0 Å². The average molecular weight is 483 g/mol. The molecule has 0 aliphatic rings. The first-order valence-corrected chi connectivity index (χ1v) is 10.8. The summed E-state index contributed by atoms with van der Waals surface area (Å²) in [4.78, 5) is 24.0. The highest BCUT2D eigenvalue weighted by molar-refractivity contribution is 6.32. The van der Waals surface area contributed by atoms with Gasteiger partial charge < -0.3 is 15.4 Å². The van der Waals surface area contributed by atoms with Gasteiger partial charge in [0, 0.05) is 5.69 Å². The molecule has 0 saturated heterocycles. The van der Waals surface area contributed by atoms with E-state index in [1.165, 1.54) is 30.0 Å². The van der Waals surface area contributed by atoms with E-state index in [9.17, 15) is 14.0 Å². The van der Waals surface area contributed by atoms with Gasteiger partial charge in [0.25, 0.3) is 11.8 Å². The molecule has 0 bridgehead atoms. The Bertz CT molecular complexity index is 1220. The van der Waals surface area contributed by atoms with Gasteiger partial charge in [0.2, 0.25) is 0 Å². The number of amides is 2. The Labute approximate surface area is 202 Å². The van der Waals surface area contributed by atoms with Crippen LogP contribution in [-0.2, 0) is 9.59 Å². The van der Waals surface area contributed by atoms with Gasteiger partial charge in [0.1, 0.15) is 11.6 Å². The number of para-hydroxylation sites is 1. The quantitative estimate of drug-likeness (QED) is 0.305. The van der Waals surface area contributed by atoms with Crippen molar-refractivity contribution in [1.82, 2.24) is 5.43 Å². The van der Waals surface area contributed by atoms with Gasteiger partial charge in [-0.05, 0) is 73.0 Å². The number of rotatable bonds is 9. The number of aryl methyl sites for hydroxylation is 2. The average Bonchev–Trinajstić information content (AvgIpc) is 2.81. The van der Waals surface area contributed by atoms with E-state index in [-0.39, 0.29) is 35.5 Å². The van der Waals surface area contributed by atoms with Crippen LogP contribution in [0.1, 0.15) is 16.7 Å². The van der Waals surface area contributed by atoms with Crippen LogP contribution >= 0.6 is 11.6 Å². The molecule has 9 heteroatoms. The number of anilines is 2. The maximum Gasteiger partial charge on any atom is 0.262 e. The molecule has 34 heavy (non-hydrogen) atoms. The zero-order valence-corrected chi connectivity index (χ0v) is 19.4. The standard InChI is InChI=1S/C25H24ClFN4O3/c1-16-7-9-19(11-17(16)2)28-14-24(32)31-29-13-18-8-10-23(20(26)12-18)34-15-25(33)30-22-6-4-3-5-21(22)27/h3-13,28H,14-15H2,1-2H3,(H,30,33)(H,31,32)/b29-13-. The number of hydrogen-bond acceptors (Lipinski definition) is 5. The predicted octanol–water partition coefficient (Wildman–Crippen LogP) is 4.68. The molecule has 3 N–H and O–H groups in total. The largest absolute Gasteiger partial charge is 0.482 e. The summed E-state index contributed by atoms with van der Waals surface area (Å²) >= 11 is 6.21. The number of hydrogen-bond donors (Lipinski definition) is 3. The highest BCUT2D eigenvalue weighted by Crippen LogP contribution is 2.25. The van der Waals surface area contributed by atoms with Crippen molar-refractivity contribution in [2.45, 2.75) is 13.8 Å². The van der Waals surface area contributed by atoms with Crippen molar-refractivity contribution in [1.29, 1.82) is 0 Å². The van der Waals surface area contributed by atoms with Gasteiger partial charge in [-0.2, -0.15) is 5.10 Å². The minimum absolute atomic E-state index is 0.0694. The Morgan fingerprint density at radius 3 is 2.56 bits per heavy atom. The topological polar surface area (TPSA) is 91.8 Å². The number of nitrogens with one attached hydrogen (secondary N) is 3. The second kappa shape index (κ2) is 11.8. The fourth-order valence-corrected chi connectivity index (χ4v) is 3.10. The van der Waals surface area contributed by atoms with E-state index in [0.29, 0.717) is 5.56 Å². The monoisotopic (exact) mass is 482 g/mol. The Balaban J connectivity index is 1.45. The molecule has 0 spiro atoms. The second-order valence-electron chi connectivity index (χ2n) is 7.45. The molecule has 3 aromatic rings. The van der Waals surface area contributed by atoms with Crippen LogP contribution in [0.15, 0.2) is 65.8 Å². The Morgan fingerprint density at radius 1 is 1.03 bits per heavy atom. The third kappa shape index (κ3) is 7.31. The lowest BCUT2D eigenvalue weighted by Crippen LogP contribution is -2.25. The Morgan fingerprint density at radius 2 is 1.82 bits per heavy atom. The molecule has 0 aliphatic carbocycles. The molecule has 176 valence electrons.